The van der Waals surface area contributed by atoms with E-state index in [1.54, 1.807) is 12.1 Å². The first kappa shape index (κ1) is 13.1. The van der Waals surface area contributed by atoms with E-state index < -0.39 is 0 Å². The minimum atomic E-state index is -0.169. The summed E-state index contributed by atoms with van der Waals surface area (Å²) in [6, 6.07) is 3.49. The highest BCUT2D eigenvalue weighted by molar-refractivity contribution is 7.99. The Balaban J connectivity index is 1.91. The molecule has 4 N–H and O–H groups in total. The second kappa shape index (κ2) is 6.01. The molecule has 1 amide bonds. The molecular weight excluding hydrogens is 250 g/mol. The molecule has 2 unspecified atom stereocenters. The van der Waals surface area contributed by atoms with Crippen molar-refractivity contribution in [1.82, 2.24) is 15.5 Å². The highest BCUT2D eigenvalue weighted by atomic mass is 32.2. The summed E-state index contributed by atoms with van der Waals surface area (Å²) in [4.78, 5) is 11.9. The predicted octanol–water partition coefficient (Wildman–Crippen LogP) is 0.776. The minimum Gasteiger partial charge on any atom is -0.348 e. The topological polar surface area (TPSA) is 92.9 Å². The number of hydrogen-bond acceptors (Lipinski definition) is 6. The summed E-state index contributed by atoms with van der Waals surface area (Å²) < 4.78 is 0. The zero-order valence-corrected chi connectivity index (χ0v) is 11.0. The number of nitrogen functional groups attached to an aromatic ring is 1. The molecule has 0 spiro atoms. The van der Waals surface area contributed by atoms with Crippen LogP contribution in [-0.2, 0) is 0 Å². The number of carbonyl (C=O) groups is 1. The van der Waals surface area contributed by atoms with Gasteiger partial charge in [0, 0.05) is 11.3 Å². The maximum absolute atomic E-state index is 11.9. The Kier molecular flexibility index (Phi) is 4.38. The standard InChI is InChI=1S/C11H17N5OS/c1-18-8-3-2-7(6-8)13-11(17)9-4-5-10(14-12)16-15-9/h4-5,7-8H,2-3,6,12H2,1H3,(H,13,17)(H,14,16). The molecule has 7 heteroatoms. The second-order valence-electron chi connectivity index (χ2n) is 4.29. The monoisotopic (exact) mass is 267 g/mol. The van der Waals surface area contributed by atoms with Crippen molar-refractivity contribution in [3.8, 4) is 0 Å². The average Bonchev–Trinajstić information content (AvgIpc) is 2.86. The fraction of sp³-hybridized carbons (Fsp3) is 0.545. The van der Waals surface area contributed by atoms with Crippen molar-refractivity contribution >= 4 is 23.5 Å². The number of nitrogens with zero attached hydrogens (tertiary/aromatic N) is 2. The summed E-state index contributed by atoms with van der Waals surface area (Å²) in [5.74, 6) is 5.45. The lowest BCUT2D eigenvalue weighted by Gasteiger charge is -2.12. The molecule has 2 atom stereocenters. The van der Waals surface area contributed by atoms with E-state index >= 15 is 0 Å². The second-order valence-corrected chi connectivity index (χ2v) is 5.43. The van der Waals surface area contributed by atoms with Gasteiger partial charge in [0.25, 0.3) is 5.91 Å². The van der Waals surface area contributed by atoms with E-state index in [4.69, 9.17) is 5.84 Å². The molecule has 0 saturated heterocycles. The lowest BCUT2D eigenvalue weighted by molar-refractivity contribution is 0.0932. The Labute approximate surface area is 110 Å². The first-order valence-corrected chi connectivity index (χ1v) is 7.15. The van der Waals surface area contributed by atoms with Gasteiger partial charge >= 0.3 is 0 Å². The van der Waals surface area contributed by atoms with Gasteiger partial charge in [0.1, 0.15) is 0 Å². The number of amides is 1. The highest BCUT2D eigenvalue weighted by Crippen LogP contribution is 2.28. The van der Waals surface area contributed by atoms with E-state index in [0.717, 1.165) is 19.3 Å². The van der Waals surface area contributed by atoms with E-state index in [0.29, 0.717) is 16.8 Å². The first-order chi connectivity index (χ1) is 8.72. The molecular formula is C11H17N5OS. The van der Waals surface area contributed by atoms with Gasteiger partial charge in [0.05, 0.1) is 0 Å². The smallest absolute Gasteiger partial charge is 0.272 e. The molecule has 1 aromatic rings. The molecule has 1 aliphatic carbocycles. The van der Waals surface area contributed by atoms with Gasteiger partial charge in [-0.3, -0.25) is 4.79 Å². The van der Waals surface area contributed by atoms with Crippen molar-refractivity contribution in [2.45, 2.75) is 30.6 Å². The summed E-state index contributed by atoms with van der Waals surface area (Å²) in [6.07, 6.45) is 5.34. The Morgan fingerprint density at radius 1 is 1.44 bits per heavy atom. The molecule has 1 saturated carbocycles. The number of rotatable bonds is 4. The zero-order chi connectivity index (χ0) is 13.0. The summed E-state index contributed by atoms with van der Waals surface area (Å²) >= 11 is 1.86. The third-order valence-corrected chi connectivity index (χ3v) is 4.19. The SMILES string of the molecule is CSC1CCC(NC(=O)c2ccc(NN)nn2)C1. The first-order valence-electron chi connectivity index (χ1n) is 5.87. The Morgan fingerprint density at radius 3 is 2.83 bits per heavy atom. The van der Waals surface area contributed by atoms with Crippen molar-refractivity contribution in [3.05, 3.63) is 17.8 Å². The molecule has 6 nitrogen and oxygen atoms in total. The highest BCUT2D eigenvalue weighted by Gasteiger charge is 2.25. The number of nitrogens with two attached hydrogens (primary N) is 1. The number of aromatic nitrogens is 2. The van der Waals surface area contributed by atoms with Gasteiger partial charge in [-0.2, -0.15) is 11.8 Å². The number of anilines is 1. The summed E-state index contributed by atoms with van der Waals surface area (Å²) in [6.45, 7) is 0. The van der Waals surface area contributed by atoms with Crippen LogP contribution in [0.4, 0.5) is 5.82 Å². The summed E-state index contributed by atoms with van der Waals surface area (Å²) in [5.41, 5.74) is 2.69. The number of carbonyl (C=O) groups excluding carboxylic acids is 1. The van der Waals surface area contributed by atoms with Gasteiger partial charge in [-0.15, -0.1) is 10.2 Å². The number of hydrogen-bond donors (Lipinski definition) is 3. The predicted molar refractivity (Wildman–Crippen MR) is 72.3 cm³/mol. The third kappa shape index (κ3) is 3.11. The molecule has 0 radical (unpaired) electrons. The van der Waals surface area contributed by atoms with E-state index in [2.05, 4.69) is 27.2 Å². The largest absolute Gasteiger partial charge is 0.348 e. The summed E-state index contributed by atoms with van der Waals surface area (Å²) in [7, 11) is 0. The lowest BCUT2D eigenvalue weighted by atomic mass is 10.2. The molecule has 1 aliphatic rings. The normalized spacial score (nSPS) is 22.8. The van der Waals surface area contributed by atoms with Crippen LogP contribution in [0.3, 0.4) is 0 Å². The molecule has 1 heterocycles. The maximum atomic E-state index is 11.9. The molecule has 0 aromatic carbocycles. The van der Waals surface area contributed by atoms with Crippen molar-refractivity contribution in [2.24, 2.45) is 5.84 Å². The fourth-order valence-electron chi connectivity index (χ4n) is 2.07. The maximum Gasteiger partial charge on any atom is 0.272 e. The van der Waals surface area contributed by atoms with Crippen LogP contribution in [-0.4, -0.2) is 33.7 Å². The van der Waals surface area contributed by atoms with E-state index in [1.165, 1.54) is 0 Å². The van der Waals surface area contributed by atoms with Crippen molar-refractivity contribution in [2.75, 3.05) is 11.7 Å². The van der Waals surface area contributed by atoms with Gasteiger partial charge in [-0.1, -0.05) is 0 Å². The van der Waals surface area contributed by atoms with Crippen LogP contribution < -0.4 is 16.6 Å². The number of thioether (sulfide) groups is 1. The van der Waals surface area contributed by atoms with E-state index in [9.17, 15) is 4.79 Å². The third-order valence-electron chi connectivity index (χ3n) is 3.10. The lowest BCUT2D eigenvalue weighted by Crippen LogP contribution is -2.33. The van der Waals surface area contributed by atoms with E-state index in [1.807, 2.05) is 11.8 Å². The van der Waals surface area contributed by atoms with Gasteiger partial charge in [0.15, 0.2) is 11.5 Å². The Hall–Kier alpha value is -1.34. The minimum absolute atomic E-state index is 0.169. The molecule has 1 fully saturated rings. The van der Waals surface area contributed by atoms with Crippen LogP contribution in [0, 0.1) is 0 Å². The molecule has 1 aromatic heterocycles. The Morgan fingerprint density at radius 2 is 2.28 bits per heavy atom. The zero-order valence-electron chi connectivity index (χ0n) is 10.2. The van der Waals surface area contributed by atoms with Crippen LogP contribution in [0.15, 0.2) is 12.1 Å². The van der Waals surface area contributed by atoms with Crippen LogP contribution in [0.25, 0.3) is 0 Å². The van der Waals surface area contributed by atoms with Crippen LogP contribution in [0.5, 0.6) is 0 Å². The van der Waals surface area contributed by atoms with Gasteiger partial charge in [-0.25, -0.2) is 5.84 Å². The Bertz CT molecular complexity index is 410. The van der Waals surface area contributed by atoms with Crippen LogP contribution >= 0.6 is 11.8 Å². The quantitative estimate of drug-likeness (QED) is 0.551. The van der Waals surface area contributed by atoms with Crippen LogP contribution in [0.1, 0.15) is 29.8 Å². The van der Waals surface area contributed by atoms with E-state index in [-0.39, 0.29) is 11.9 Å². The van der Waals surface area contributed by atoms with Crippen molar-refractivity contribution < 1.29 is 4.79 Å². The van der Waals surface area contributed by atoms with Crippen molar-refractivity contribution in [1.29, 1.82) is 0 Å². The average molecular weight is 267 g/mol. The van der Waals surface area contributed by atoms with Crippen LogP contribution in [0.2, 0.25) is 0 Å². The molecule has 98 valence electrons. The number of nitrogens with one attached hydrogen (secondary N) is 2. The van der Waals surface area contributed by atoms with Crippen molar-refractivity contribution in [3.63, 3.8) is 0 Å². The number of hydrazine groups is 1. The van der Waals surface area contributed by atoms with Gasteiger partial charge in [0.2, 0.25) is 0 Å². The molecule has 18 heavy (non-hydrogen) atoms. The van der Waals surface area contributed by atoms with Gasteiger partial charge in [-0.05, 0) is 37.7 Å². The summed E-state index contributed by atoms with van der Waals surface area (Å²) in [5, 5.41) is 11.2. The molecule has 0 aliphatic heterocycles. The van der Waals surface area contributed by atoms with Gasteiger partial charge < -0.3 is 10.7 Å². The molecule has 0 bridgehead atoms. The fourth-order valence-corrected chi connectivity index (χ4v) is 2.87. The molecule has 2 rings (SSSR count).